The van der Waals surface area contributed by atoms with Crippen LogP contribution < -0.4 is 0 Å². The van der Waals surface area contributed by atoms with Gasteiger partial charge in [-0.3, -0.25) is 0 Å². The average Bonchev–Trinajstić information content (AvgIpc) is 2.26. The van der Waals surface area contributed by atoms with E-state index in [1.165, 1.54) is 11.1 Å². The second kappa shape index (κ2) is 5.70. The molecule has 16 heavy (non-hydrogen) atoms. The zero-order valence-electron chi connectivity index (χ0n) is 10.7. The van der Waals surface area contributed by atoms with Crippen LogP contribution in [0.3, 0.4) is 0 Å². The summed E-state index contributed by atoms with van der Waals surface area (Å²) in [7, 11) is 0. The van der Waals surface area contributed by atoms with Gasteiger partial charge in [0.25, 0.3) is 0 Å². The number of nitriles is 1. The Morgan fingerprint density at radius 2 is 1.62 bits per heavy atom. The van der Waals surface area contributed by atoms with E-state index in [0.717, 1.165) is 6.42 Å². The molecule has 0 spiro atoms. The van der Waals surface area contributed by atoms with Gasteiger partial charge in [-0.2, -0.15) is 5.26 Å². The Hall–Kier alpha value is -1.29. The van der Waals surface area contributed by atoms with Gasteiger partial charge in [-0.15, -0.1) is 0 Å². The molecule has 0 aliphatic rings. The lowest BCUT2D eigenvalue weighted by molar-refractivity contribution is 0.474. The molecule has 0 amide bonds. The third kappa shape index (κ3) is 3.38. The number of hydrogen-bond acceptors (Lipinski definition) is 1. The van der Waals surface area contributed by atoms with E-state index in [0.29, 0.717) is 11.8 Å². The number of nitrogens with zero attached hydrogens (tertiary/aromatic N) is 1. The van der Waals surface area contributed by atoms with Crippen LogP contribution in [0.2, 0.25) is 0 Å². The molecule has 0 saturated carbocycles. The van der Waals surface area contributed by atoms with Crippen LogP contribution in [-0.4, -0.2) is 0 Å². The zero-order chi connectivity index (χ0) is 12.1. The van der Waals surface area contributed by atoms with Gasteiger partial charge in [0.2, 0.25) is 0 Å². The topological polar surface area (TPSA) is 23.8 Å². The van der Waals surface area contributed by atoms with Gasteiger partial charge < -0.3 is 0 Å². The number of hydrogen-bond donors (Lipinski definition) is 0. The number of benzene rings is 1. The van der Waals surface area contributed by atoms with Crippen molar-refractivity contribution in [2.24, 2.45) is 11.8 Å². The van der Waals surface area contributed by atoms with E-state index < -0.39 is 0 Å². The highest BCUT2D eigenvalue weighted by Gasteiger charge is 2.12. The highest BCUT2D eigenvalue weighted by Crippen LogP contribution is 2.19. The maximum atomic E-state index is 9.05. The van der Waals surface area contributed by atoms with E-state index >= 15 is 0 Å². The minimum atomic E-state index is 0.130. The molecule has 1 atom stereocenters. The lowest BCUT2D eigenvalue weighted by Crippen LogP contribution is -2.09. The SMILES string of the molecule is CC(C)c1ccc(CC(C#N)C(C)C)cc1. The van der Waals surface area contributed by atoms with E-state index in [9.17, 15) is 0 Å². The molecule has 0 radical (unpaired) electrons. The summed E-state index contributed by atoms with van der Waals surface area (Å²) in [5.41, 5.74) is 2.63. The van der Waals surface area contributed by atoms with Crippen LogP contribution in [-0.2, 0) is 6.42 Å². The van der Waals surface area contributed by atoms with E-state index in [-0.39, 0.29) is 5.92 Å². The summed E-state index contributed by atoms with van der Waals surface area (Å²) in [5.74, 6) is 1.13. The smallest absolute Gasteiger partial charge is 0.0661 e. The third-order valence-electron chi connectivity index (χ3n) is 3.07. The Morgan fingerprint density at radius 3 is 2.00 bits per heavy atom. The van der Waals surface area contributed by atoms with Gasteiger partial charge in [0, 0.05) is 0 Å². The quantitative estimate of drug-likeness (QED) is 0.740. The second-order valence-corrected chi connectivity index (χ2v) is 5.08. The highest BCUT2D eigenvalue weighted by atomic mass is 14.3. The van der Waals surface area contributed by atoms with E-state index in [2.05, 4.69) is 58.0 Å². The summed E-state index contributed by atoms with van der Waals surface area (Å²) in [6.07, 6.45) is 0.868. The normalized spacial score (nSPS) is 12.8. The Kier molecular flexibility index (Phi) is 4.55. The van der Waals surface area contributed by atoms with Crippen molar-refractivity contribution in [1.29, 1.82) is 5.26 Å². The van der Waals surface area contributed by atoms with Crippen LogP contribution in [0, 0.1) is 23.2 Å². The van der Waals surface area contributed by atoms with Gasteiger partial charge in [0.1, 0.15) is 0 Å². The molecule has 0 aromatic heterocycles. The van der Waals surface area contributed by atoms with Crippen molar-refractivity contribution in [3.63, 3.8) is 0 Å². The molecule has 86 valence electrons. The molecule has 1 aromatic carbocycles. The van der Waals surface area contributed by atoms with E-state index in [1.807, 2.05) is 0 Å². The first-order chi connectivity index (χ1) is 7.54. The largest absolute Gasteiger partial charge is 0.198 e. The van der Waals surface area contributed by atoms with Gasteiger partial charge in [0.05, 0.1) is 12.0 Å². The zero-order valence-corrected chi connectivity index (χ0v) is 10.7. The molecular formula is C15H21N. The standard InChI is InChI=1S/C15H21N/c1-11(2)14-7-5-13(6-8-14)9-15(10-16)12(3)4/h5-8,11-12,15H,9H2,1-4H3. The molecule has 0 aliphatic heterocycles. The molecule has 1 unspecified atom stereocenters. The van der Waals surface area contributed by atoms with Gasteiger partial charge in [-0.25, -0.2) is 0 Å². The lowest BCUT2D eigenvalue weighted by Gasteiger charge is -2.13. The van der Waals surface area contributed by atoms with Crippen molar-refractivity contribution in [2.75, 3.05) is 0 Å². The molecule has 1 nitrogen and oxygen atoms in total. The van der Waals surface area contributed by atoms with Crippen LogP contribution in [0.1, 0.15) is 44.7 Å². The summed E-state index contributed by atoms with van der Waals surface area (Å²) < 4.78 is 0. The van der Waals surface area contributed by atoms with Crippen molar-refractivity contribution in [1.82, 2.24) is 0 Å². The summed E-state index contributed by atoms with van der Waals surface area (Å²) in [6, 6.07) is 11.0. The van der Waals surface area contributed by atoms with Crippen molar-refractivity contribution in [2.45, 2.75) is 40.0 Å². The summed E-state index contributed by atoms with van der Waals surface area (Å²) in [4.78, 5) is 0. The molecule has 0 aliphatic carbocycles. The summed E-state index contributed by atoms with van der Waals surface area (Å²) in [6.45, 7) is 8.61. The predicted molar refractivity (Wildman–Crippen MR) is 68.2 cm³/mol. The maximum Gasteiger partial charge on any atom is 0.0661 e. The van der Waals surface area contributed by atoms with Crippen molar-refractivity contribution >= 4 is 0 Å². The van der Waals surface area contributed by atoms with Crippen molar-refractivity contribution < 1.29 is 0 Å². The van der Waals surface area contributed by atoms with Crippen LogP contribution >= 0.6 is 0 Å². The maximum absolute atomic E-state index is 9.05. The fourth-order valence-electron chi connectivity index (χ4n) is 1.72. The minimum absolute atomic E-state index is 0.130. The fourth-order valence-corrected chi connectivity index (χ4v) is 1.72. The molecule has 0 fully saturated rings. The molecule has 1 aromatic rings. The molecule has 0 N–H and O–H groups in total. The molecule has 0 heterocycles. The first kappa shape index (κ1) is 12.8. The second-order valence-electron chi connectivity index (χ2n) is 5.08. The van der Waals surface area contributed by atoms with Crippen LogP contribution in [0.4, 0.5) is 0 Å². The van der Waals surface area contributed by atoms with Crippen molar-refractivity contribution in [3.8, 4) is 6.07 Å². The van der Waals surface area contributed by atoms with E-state index in [4.69, 9.17) is 5.26 Å². The molecular weight excluding hydrogens is 194 g/mol. The van der Waals surface area contributed by atoms with Gasteiger partial charge in [-0.05, 0) is 29.4 Å². The highest BCUT2D eigenvalue weighted by molar-refractivity contribution is 5.25. The summed E-state index contributed by atoms with van der Waals surface area (Å²) >= 11 is 0. The third-order valence-corrected chi connectivity index (χ3v) is 3.07. The average molecular weight is 215 g/mol. The molecule has 0 saturated heterocycles. The van der Waals surface area contributed by atoms with Gasteiger partial charge >= 0.3 is 0 Å². The monoisotopic (exact) mass is 215 g/mol. The Morgan fingerprint density at radius 1 is 1.06 bits per heavy atom. The number of rotatable bonds is 4. The van der Waals surface area contributed by atoms with Gasteiger partial charge in [0.15, 0.2) is 0 Å². The Balaban J connectivity index is 2.72. The van der Waals surface area contributed by atoms with E-state index in [1.54, 1.807) is 0 Å². The fraction of sp³-hybridized carbons (Fsp3) is 0.533. The van der Waals surface area contributed by atoms with Gasteiger partial charge in [-0.1, -0.05) is 52.0 Å². The van der Waals surface area contributed by atoms with Crippen LogP contribution in [0.5, 0.6) is 0 Å². The van der Waals surface area contributed by atoms with Crippen LogP contribution in [0.25, 0.3) is 0 Å². The van der Waals surface area contributed by atoms with Crippen molar-refractivity contribution in [3.05, 3.63) is 35.4 Å². The summed E-state index contributed by atoms with van der Waals surface area (Å²) in [5, 5.41) is 9.05. The predicted octanol–water partition coefficient (Wildman–Crippen LogP) is 4.15. The Bertz CT molecular complexity index is 354. The Labute approximate surface area is 99.1 Å². The molecule has 1 heteroatoms. The first-order valence-electron chi connectivity index (χ1n) is 6.03. The van der Waals surface area contributed by atoms with Crippen LogP contribution in [0.15, 0.2) is 24.3 Å². The molecule has 0 bridgehead atoms. The minimum Gasteiger partial charge on any atom is -0.198 e. The first-order valence-corrected chi connectivity index (χ1v) is 6.03. The lowest BCUT2D eigenvalue weighted by atomic mass is 9.90. The molecule has 1 rings (SSSR count).